The number of aromatic nitrogens is 3. The van der Waals surface area contributed by atoms with Gasteiger partial charge in [0.2, 0.25) is 5.88 Å². The molecule has 0 atom stereocenters. The Hall–Kier alpha value is -3.61. The number of aryl methyl sites for hydroxylation is 3. The van der Waals surface area contributed by atoms with Gasteiger partial charge in [-0.1, -0.05) is 19.1 Å². The Bertz CT molecular complexity index is 1160. The molecule has 4 rings (SSSR count). The summed E-state index contributed by atoms with van der Waals surface area (Å²) in [6.07, 6.45) is 2.55. The summed E-state index contributed by atoms with van der Waals surface area (Å²) < 4.78 is 12.7. The van der Waals surface area contributed by atoms with Gasteiger partial charge in [-0.2, -0.15) is 10.1 Å². The Morgan fingerprint density at radius 1 is 1.20 bits per heavy atom. The van der Waals surface area contributed by atoms with Crippen LogP contribution < -0.4 is 10.1 Å². The van der Waals surface area contributed by atoms with Gasteiger partial charge in [-0.3, -0.25) is 4.79 Å². The summed E-state index contributed by atoms with van der Waals surface area (Å²) in [7, 11) is 0. The minimum Gasteiger partial charge on any atom is -0.468 e. The number of carbonyl (C=O) groups excluding carboxylic acids is 1. The summed E-state index contributed by atoms with van der Waals surface area (Å²) in [6, 6.07) is 13.7. The highest BCUT2D eigenvalue weighted by molar-refractivity contribution is 5.84. The second-order valence-electron chi connectivity index (χ2n) is 7.14. The fourth-order valence-corrected chi connectivity index (χ4v) is 3.39. The van der Waals surface area contributed by atoms with E-state index in [-0.39, 0.29) is 12.5 Å². The molecule has 0 saturated carbocycles. The van der Waals surface area contributed by atoms with Crippen LogP contribution in [-0.2, 0) is 17.8 Å². The molecule has 7 heteroatoms. The molecule has 3 aromatic heterocycles. The Labute approximate surface area is 174 Å². The molecule has 4 aromatic rings. The molecular formula is C23H24N4O3. The first-order valence-electron chi connectivity index (χ1n) is 9.93. The summed E-state index contributed by atoms with van der Waals surface area (Å²) in [5, 5.41) is 8.43. The van der Waals surface area contributed by atoms with Gasteiger partial charge in [0.05, 0.1) is 24.2 Å². The monoisotopic (exact) mass is 404 g/mol. The standard InChI is InChI=1S/C23H24N4O3/c1-4-17-7-9-18(10-8-17)27-23-22(16(3)26-27)15(2)12-21(25-23)30-14-20(28)24-13-19-6-5-11-29-19/h5-12H,4,13-14H2,1-3H3,(H,24,28). The van der Waals surface area contributed by atoms with Gasteiger partial charge in [0.25, 0.3) is 5.91 Å². The van der Waals surface area contributed by atoms with Crippen molar-refractivity contribution in [3.05, 3.63) is 71.3 Å². The van der Waals surface area contributed by atoms with E-state index in [2.05, 4.69) is 34.5 Å². The predicted octanol–water partition coefficient (Wildman–Crippen LogP) is 3.89. The van der Waals surface area contributed by atoms with Gasteiger partial charge in [-0.25, -0.2) is 4.68 Å². The lowest BCUT2D eigenvalue weighted by atomic mass is 10.1. The van der Waals surface area contributed by atoms with Gasteiger partial charge in [-0.05, 0) is 55.7 Å². The van der Waals surface area contributed by atoms with Crippen LogP contribution >= 0.6 is 0 Å². The van der Waals surface area contributed by atoms with Crippen LogP contribution in [0.1, 0.15) is 29.5 Å². The molecule has 0 radical (unpaired) electrons. The van der Waals surface area contributed by atoms with Gasteiger partial charge in [0, 0.05) is 11.5 Å². The molecule has 0 spiro atoms. The second-order valence-corrected chi connectivity index (χ2v) is 7.14. The summed E-state index contributed by atoms with van der Waals surface area (Å²) in [5.41, 5.74) is 4.81. The van der Waals surface area contributed by atoms with Crippen molar-refractivity contribution in [3.63, 3.8) is 0 Å². The number of nitrogens with one attached hydrogen (secondary N) is 1. The SMILES string of the molecule is CCc1ccc(-n2nc(C)c3c(C)cc(OCC(=O)NCc4ccco4)nc32)cc1. The number of carbonyl (C=O) groups is 1. The number of rotatable bonds is 7. The van der Waals surface area contributed by atoms with E-state index in [0.717, 1.165) is 28.8 Å². The maximum absolute atomic E-state index is 12.1. The van der Waals surface area contributed by atoms with Crippen LogP contribution in [-0.4, -0.2) is 27.3 Å². The van der Waals surface area contributed by atoms with Crippen molar-refractivity contribution >= 4 is 16.9 Å². The van der Waals surface area contributed by atoms with Crippen molar-refractivity contribution in [2.45, 2.75) is 33.7 Å². The van der Waals surface area contributed by atoms with Crippen molar-refractivity contribution < 1.29 is 13.9 Å². The van der Waals surface area contributed by atoms with Crippen LogP contribution in [0.5, 0.6) is 5.88 Å². The normalized spacial score (nSPS) is 11.0. The lowest BCUT2D eigenvalue weighted by Crippen LogP contribution is -2.28. The highest BCUT2D eigenvalue weighted by Gasteiger charge is 2.15. The molecule has 1 N–H and O–H groups in total. The third-order valence-corrected chi connectivity index (χ3v) is 4.97. The molecule has 0 bridgehead atoms. The Balaban J connectivity index is 1.55. The summed E-state index contributed by atoms with van der Waals surface area (Å²) >= 11 is 0. The van der Waals surface area contributed by atoms with E-state index >= 15 is 0 Å². The van der Waals surface area contributed by atoms with Crippen LogP contribution in [0, 0.1) is 13.8 Å². The van der Waals surface area contributed by atoms with E-state index < -0.39 is 0 Å². The first-order chi connectivity index (χ1) is 14.5. The van der Waals surface area contributed by atoms with E-state index in [4.69, 9.17) is 9.15 Å². The maximum atomic E-state index is 12.1. The van der Waals surface area contributed by atoms with E-state index in [0.29, 0.717) is 23.8 Å². The zero-order valence-electron chi connectivity index (χ0n) is 17.3. The van der Waals surface area contributed by atoms with E-state index in [1.54, 1.807) is 18.4 Å². The molecule has 7 nitrogen and oxygen atoms in total. The first-order valence-corrected chi connectivity index (χ1v) is 9.93. The number of pyridine rings is 1. The van der Waals surface area contributed by atoms with Gasteiger partial charge >= 0.3 is 0 Å². The van der Waals surface area contributed by atoms with Crippen molar-refractivity contribution in [2.75, 3.05) is 6.61 Å². The minimum absolute atomic E-state index is 0.128. The van der Waals surface area contributed by atoms with E-state index in [1.165, 1.54) is 5.56 Å². The number of hydrogen-bond acceptors (Lipinski definition) is 5. The molecule has 0 unspecified atom stereocenters. The average molecular weight is 404 g/mol. The van der Waals surface area contributed by atoms with Gasteiger partial charge in [0.1, 0.15) is 5.76 Å². The zero-order chi connectivity index (χ0) is 21.1. The summed E-state index contributed by atoms with van der Waals surface area (Å²) in [4.78, 5) is 16.7. The molecule has 154 valence electrons. The topological polar surface area (TPSA) is 82.2 Å². The zero-order valence-corrected chi connectivity index (χ0v) is 17.3. The fraction of sp³-hybridized carbons (Fsp3) is 0.261. The molecule has 0 aliphatic rings. The van der Waals surface area contributed by atoms with Crippen LogP contribution in [0.25, 0.3) is 16.7 Å². The molecule has 0 aliphatic heterocycles. The largest absolute Gasteiger partial charge is 0.468 e. The molecule has 0 saturated heterocycles. The maximum Gasteiger partial charge on any atom is 0.258 e. The molecular weight excluding hydrogens is 380 g/mol. The molecule has 1 amide bonds. The predicted molar refractivity (Wildman–Crippen MR) is 114 cm³/mol. The highest BCUT2D eigenvalue weighted by Crippen LogP contribution is 2.26. The number of hydrogen-bond donors (Lipinski definition) is 1. The molecule has 0 aliphatic carbocycles. The van der Waals surface area contributed by atoms with E-state index in [9.17, 15) is 4.79 Å². The van der Waals surface area contributed by atoms with Gasteiger partial charge < -0.3 is 14.5 Å². The Kier molecular flexibility index (Phi) is 5.52. The number of fused-ring (bicyclic) bond motifs is 1. The third kappa shape index (κ3) is 4.05. The minimum atomic E-state index is -0.245. The smallest absolute Gasteiger partial charge is 0.258 e. The van der Waals surface area contributed by atoms with Crippen LogP contribution in [0.2, 0.25) is 0 Å². The molecule has 0 fully saturated rings. The van der Waals surface area contributed by atoms with Crippen molar-refractivity contribution in [1.82, 2.24) is 20.1 Å². The van der Waals surface area contributed by atoms with Crippen LogP contribution in [0.15, 0.2) is 53.1 Å². The molecule has 3 heterocycles. The fourth-order valence-electron chi connectivity index (χ4n) is 3.39. The van der Waals surface area contributed by atoms with Gasteiger partial charge in [-0.15, -0.1) is 0 Å². The Morgan fingerprint density at radius 2 is 2.00 bits per heavy atom. The van der Waals surface area contributed by atoms with Gasteiger partial charge in [0.15, 0.2) is 12.3 Å². The summed E-state index contributed by atoms with van der Waals surface area (Å²) in [5.74, 6) is 0.831. The molecule has 1 aromatic carbocycles. The third-order valence-electron chi connectivity index (χ3n) is 4.97. The molecule has 30 heavy (non-hydrogen) atoms. The van der Waals surface area contributed by atoms with Crippen molar-refractivity contribution in [2.24, 2.45) is 0 Å². The van der Waals surface area contributed by atoms with Crippen LogP contribution in [0.4, 0.5) is 0 Å². The number of furan rings is 1. The van der Waals surface area contributed by atoms with Crippen molar-refractivity contribution in [3.8, 4) is 11.6 Å². The Morgan fingerprint density at radius 3 is 2.70 bits per heavy atom. The van der Waals surface area contributed by atoms with Crippen molar-refractivity contribution in [1.29, 1.82) is 0 Å². The average Bonchev–Trinajstić information content (AvgIpc) is 3.39. The number of ether oxygens (including phenoxy) is 1. The first kappa shape index (κ1) is 19.7. The van der Waals surface area contributed by atoms with E-state index in [1.807, 2.05) is 36.7 Å². The number of nitrogens with zero attached hydrogens (tertiary/aromatic N) is 3. The number of benzene rings is 1. The second kappa shape index (κ2) is 8.41. The highest BCUT2D eigenvalue weighted by atomic mass is 16.5. The summed E-state index contributed by atoms with van der Waals surface area (Å²) in [6.45, 7) is 6.28. The quantitative estimate of drug-likeness (QED) is 0.505. The van der Waals surface area contributed by atoms with Crippen LogP contribution in [0.3, 0.4) is 0 Å². The number of amides is 1. The lowest BCUT2D eigenvalue weighted by molar-refractivity contribution is -0.123. The lowest BCUT2D eigenvalue weighted by Gasteiger charge is -2.09.